The summed E-state index contributed by atoms with van der Waals surface area (Å²) in [6.07, 6.45) is 0. The van der Waals surface area contributed by atoms with Crippen LogP contribution in [0.2, 0.25) is 0 Å². The van der Waals surface area contributed by atoms with Gasteiger partial charge in [0.2, 0.25) is 0 Å². The molecule has 9 nitrogen and oxygen atoms in total. The lowest BCUT2D eigenvalue weighted by molar-refractivity contribution is -0.140. The van der Waals surface area contributed by atoms with Crippen LogP contribution in [0.25, 0.3) is 0 Å². The Labute approximate surface area is 210 Å². The molecule has 3 aromatic carbocycles. The normalized spacial score (nSPS) is 16.7. The summed E-state index contributed by atoms with van der Waals surface area (Å²) in [4.78, 5) is 27.9. The third kappa shape index (κ3) is 4.50. The van der Waals surface area contributed by atoms with Crippen LogP contribution in [0.1, 0.15) is 11.1 Å². The van der Waals surface area contributed by atoms with Crippen molar-refractivity contribution >= 4 is 39.2 Å². The van der Waals surface area contributed by atoms with Crippen LogP contribution in [-0.4, -0.2) is 38.4 Å². The smallest absolute Gasteiger partial charge is 0.329 e. The van der Waals surface area contributed by atoms with E-state index in [1.54, 1.807) is 67.8 Å². The van der Waals surface area contributed by atoms with Crippen molar-refractivity contribution in [2.45, 2.75) is 12.3 Å². The number of methoxy groups -OCH3 is 3. The summed E-state index contributed by atoms with van der Waals surface area (Å²) in [6.45, 7) is 0.115. The second-order valence-electron chi connectivity index (χ2n) is 7.70. The minimum Gasteiger partial charge on any atom is -0.497 e. The van der Waals surface area contributed by atoms with E-state index in [9.17, 15) is 14.7 Å². The molecular weight excluding hydrogens is 518 g/mol. The van der Waals surface area contributed by atoms with E-state index in [2.05, 4.69) is 26.6 Å². The maximum Gasteiger partial charge on any atom is 0.329 e. The highest BCUT2D eigenvalue weighted by Gasteiger charge is 2.52. The van der Waals surface area contributed by atoms with Gasteiger partial charge in [0, 0.05) is 22.6 Å². The average molecular weight is 542 g/mol. The molecule has 0 saturated carbocycles. The minimum absolute atomic E-state index is 0.115. The number of hydrogen-bond donors (Lipinski definition) is 3. The van der Waals surface area contributed by atoms with Gasteiger partial charge in [0.15, 0.2) is 0 Å². The zero-order valence-corrected chi connectivity index (χ0v) is 20.9. The zero-order valence-electron chi connectivity index (χ0n) is 19.3. The van der Waals surface area contributed by atoms with Crippen LogP contribution in [0.15, 0.2) is 65.1 Å². The van der Waals surface area contributed by atoms with Gasteiger partial charge in [-0.2, -0.15) is 0 Å². The number of fused-ring (bicyclic) bond motifs is 1. The summed E-state index contributed by atoms with van der Waals surface area (Å²) in [7, 11) is 4.49. The van der Waals surface area contributed by atoms with Crippen LogP contribution in [-0.2, 0) is 17.1 Å². The topological polar surface area (TPSA) is 109 Å². The van der Waals surface area contributed by atoms with Crippen LogP contribution < -0.4 is 29.7 Å². The number of aliphatic hydroxyl groups is 1. The van der Waals surface area contributed by atoms with Crippen molar-refractivity contribution in [1.29, 1.82) is 0 Å². The monoisotopic (exact) mass is 541 g/mol. The number of halogens is 1. The van der Waals surface area contributed by atoms with Gasteiger partial charge in [-0.1, -0.05) is 28.1 Å². The third-order valence-corrected chi connectivity index (χ3v) is 6.18. The molecule has 0 aromatic heterocycles. The maximum absolute atomic E-state index is 13.7. The van der Waals surface area contributed by atoms with Gasteiger partial charge >= 0.3 is 6.03 Å². The van der Waals surface area contributed by atoms with Crippen molar-refractivity contribution in [3.63, 3.8) is 0 Å². The van der Waals surface area contributed by atoms with Crippen molar-refractivity contribution in [3.05, 3.63) is 76.3 Å². The molecule has 1 aliphatic rings. The fourth-order valence-electron chi connectivity index (χ4n) is 3.88. The van der Waals surface area contributed by atoms with Gasteiger partial charge in [0.1, 0.15) is 17.2 Å². The molecule has 0 radical (unpaired) electrons. The first-order chi connectivity index (χ1) is 16.8. The fraction of sp³-hybridized carbons (Fsp3) is 0.200. The van der Waals surface area contributed by atoms with E-state index >= 15 is 0 Å². The number of carbonyl (C=O) groups excluding carboxylic acids is 2. The summed E-state index contributed by atoms with van der Waals surface area (Å²) in [5, 5.41) is 17.5. The second kappa shape index (κ2) is 9.85. The van der Waals surface area contributed by atoms with Gasteiger partial charge in [0.05, 0.1) is 32.7 Å². The molecule has 0 saturated heterocycles. The van der Waals surface area contributed by atoms with E-state index in [1.807, 2.05) is 0 Å². The first-order valence-electron chi connectivity index (χ1n) is 10.6. The Kier molecular flexibility index (Phi) is 6.86. The number of nitrogens with one attached hydrogen (secondary N) is 2. The largest absolute Gasteiger partial charge is 0.497 e. The highest BCUT2D eigenvalue weighted by atomic mass is 79.9. The van der Waals surface area contributed by atoms with E-state index in [4.69, 9.17) is 14.2 Å². The summed E-state index contributed by atoms with van der Waals surface area (Å²) >= 11 is 3.39. The fourth-order valence-corrected chi connectivity index (χ4v) is 4.24. The summed E-state index contributed by atoms with van der Waals surface area (Å²) in [6, 6.07) is 16.1. The van der Waals surface area contributed by atoms with Gasteiger partial charge in [-0.3, -0.25) is 4.79 Å². The molecule has 1 aliphatic heterocycles. The Morgan fingerprint density at radius 2 is 1.69 bits per heavy atom. The summed E-state index contributed by atoms with van der Waals surface area (Å²) in [5.74, 6) is 0.609. The number of nitrogens with zero attached hydrogens (tertiary/aromatic N) is 1. The molecule has 3 amide bonds. The molecule has 182 valence electrons. The second-order valence-corrected chi connectivity index (χ2v) is 8.61. The first kappa shape index (κ1) is 24.4. The van der Waals surface area contributed by atoms with Crippen molar-refractivity contribution in [2.75, 3.05) is 31.5 Å². The van der Waals surface area contributed by atoms with Crippen LogP contribution in [0.5, 0.6) is 17.2 Å². The van der Waals surface area contributed by atoms with Crippen LogP contribution in [0.3, 0.4) is 0 Å². The molecule has 35 heavy (non-hydrogen) atoms. The van der Waals surface area contributed by atoms with E-state index in [0.29, 0.717) is 21.7 Å². The number of amides is 3. The van der Waals surface area contributed by atoms with Crippen molar-refractivity contribution in [2.24, 2.45) is 0 Å². The van der Waals surface area contributed by atoms with Gasteiger partial charge < -0.3 is 30.0 Å². The highest BCUT2D eigenvalue weighted by molar-refractivity contribution is 9.10. The minimum atomic E-state index is -2.39. The van der Waals surface area contributed by atoms with Gasteiger partial charge in [0.25, 0.3) is 11.6 Å². The average Bonchev–Trinajstić information content (AvgIpc) is 2.88. The van der Waals surface area contributed by atoms with Crippen LogP contribution in [0, 0.1) is 0 Å². The molecule has 0 fully saturated rings. The molecule has 1 heterocycles. The Morgan fingerprint density at radius 1 is 1.00 bits per heavy atom. The molecule has 1 atom stereocenters. The summed E-state index contributed by atoms with van der Waals surface area (Å²) < 4.78 is 16.5. The third-order valence-electron chi connectivity index (χ3n) is 5.68. The lowest BCUT2D eigenvalue weighted by atomic mass is 9.94. The standard InChI is InChI=1S/C25H24BrN3O6/c1-33-17-7-4-15(5-8-17)14-27-23(30)25(32)19-12-16(26)6-10-20(19)28-24(31)29(25)21-11-9-18(34-2)13-22(21)35-3/h4-13,32H,14H2,1-3H3,(H,27,30)(H,28,31). The molecule has 3 aromatic rings. The number of ether oxygens (including phenoxy) is 3. The Hall–Kier alpha value is -3.76. The molecule has 0 spiro atoms. The van der Waals surface area contributed by atoms with Crippen molar-refractivity contribution < 1.29 is 28.9 Å². The van der Waals surface area contributed by atoms with Gasteiger partial charge in [-0.25, -0.2) is 9.69 Å². The van der Waals surface area contributed by atoms with E-state index in [0.717, 1.165) is 10.5 Å². The number of rotatable bonds is 7. The highest BCUT2D eigenvalue weighted by Crippen LogP contribution is 2.44. The molecule has 1 unspecified atom stereocenters. The molecular formula is C25H24BrN3O6. The van der Waals surface area contributed by atoms with E-state index < -0.39 is 17.7 Å². The number of benzene rings is 3. The quantitative estimate of drug-likeness (QED) is 0.417. The molecule has 4 rings (SSSR count). The lowest BCUT2D eigenvalue weighted by Gasteiger charge is -2.43. The Bertz CT molecular complexity index is 1270. The first-order valence-corrected chi connectivity index (χ1v) is 11.4. The van der Waals surface area contributed by atoms with Gasteiger partial charge in [-0.15, -0.1) is 0 Å². The SMILES string of the molecule is COc1ccc(CNC(=O)C2(O)c3cc(Br)ccc3NC(=O)N2c2ccc(OC)cc2OC)cc1. The van der Waals surface area contributed by atoms with Crippen LogP contribution >= 0.6 is 15.9 Å². The summed E-state index contributed by atoms with van der Waals surface area (Å²) in [5.41, 5.74) is -0.930. The van der Waals surface area contributed by atoms with E-state index in [1.165, 1.54) is 14.2 Å². The van der Waals surface area contributed by atoms with Crippen molar-refractivity contribution in [1.82, 2.24) is 5.32 Å². The number of carbonyl (C=O) groups is 2. The predicted octanol–water partition coefficient (Wildman–Crippen LogP) is 3.99. The maximum atomic E-state index is 13.7. The zero-order chi connectivity index (χ0) is 25.2. The molecule has 0 bridgehead atoms. The molecule has 0 aliphatic carbocycles. The van der Waals surface area contributed by atoms with Crippen LogP contribution in [0.4, 0.5) is 16.2 Å². The lowest BCUT2D eigenvalue weighted by Crippen LogP contribution is -2.62. The van der Waals surface area contributed by atoms with Crippen molar-refractivity contribution in [3.8, 4) is 17.2 Å². The van der Waals surface area contributed by atoms with E-state index in [-0.39, 0.29) is 23.5 Å². The van der Waals surface area contributed by atoms with Gasteiger partial charge in [-0.05, 0) is 48.0 Å². The predicted molar refractivity (Wildman–Crippen MR) is 134 cm³/mol. The Morgan fingerprint density at radius 3 is 2.34 bits per heavy atom. The molecule has 10 heteroatoms. The number of anilines is 2. The number of urea groups is 1. The molecule has 3 N–H and O–H groups in total. The number of hydrogen-bond acceptors (Lipinski definition) is 6. The Balaban J connectivity index is 1.79.